The van der Waals surface area contributed by atoms with Gasteiger partial charge >= 0.3 is 0 Å². The number of ether oxygens (including phenoxy) is 1. The molecule has 2 aliphatic rings. The van der Waals surface area contributed by atoms with E-state index in [0.717, 1.165) is 25.9 Å². The van der Waals surface area contributed by atoms with E-state index in [4.69, 9.17) is 4.74 Å². The first-order valence-corrected chi connectivity index (χ1v) is 5.15. The molecule has 2 heteroatoms. The van der Waals surface area contributed by atoms with Crippen LogP contribution in [0.25, 0.3) is 0 Å². The number of rotatable bonds is 1. The summed E-state index contributed by atoms with van der Waals surface area (Å²) in [6.45, 7) is 0.854. The van der Waals surface area contributed by atoms with Crippen molar-refractivity contribution < 1.29 is 9.84 Å². The van der Waals surface area contributed by atoms with Gasteiger partial charge in [-0.3, -0.25) is 0 Å². The van der Waals surface area contributed by atoms with Crippen LogP contribution in [0.2, 0.25) is 0 Å². The molecule has 0 bridgehead atoms. The average Bonchev–Trinajstić information content (AvgIpc) is 2.55. The quantitative estimate of drug-likeness (QED) is 0.651. The van der Waals surface area contributed by atoms with Gasteiger partial charge in [-0.1, -0.05) is 12.8 Å². The van der Waals surface area contributed by atoms with Crippen molar-refractivity contribution in [2.24, 2.45) is 0 Å². The first-order chi connectivity index (χ1) is 5.81. The summed E-state index contributed by atoms with van der Waals surface area (Å²) in [7, 11) is 0. The second-order valence-corrected chi connectivity index (χ2v) is 4.17. The molecule has 2 rings (SSSR count). The molecule has 0 aromatic rings. The molecule has 1 saturated heterocycles. The summed E-state index contributed by atoms with van der Waals surface area (Å²) in [5, 5.41) is 10.2. The SMILES string of the molecule is OC1(C2CCCCO2)CCCC1. The first kappa shape index (κ1) is 8.52. The standard InChI is InChI=1S/C10H18O2/c11-10(6-2-3-7-10)9-5-1-4-8-12-9/h9,11H,1-8H2. The Hall–Kier alpha value is -0.0800. The number of hydrogen-bond acceptors (Lipinski definition) is 2. The van der Waals surface area contributed by atoms with Gasteiger partial charge in [0.1, 0.15) is 0 Å². The van der Waals surface area contributed by atoms with E-state index in [1.165, 1.54) is 25.7 Å². The third-order valence-electron chi connectivity index (χ3n) is 3.25. The normalized spacial score (nSPS) is 35.2. The summed E-state index contributed by atoms with van der Waals surface area (Å²) in [5.74, 6) is 0. The van der Waals surface area contributed by atoms with Crippen molar-refractivity contribution in [2.45, 2.75) is 56.7 Å². The van der Waals surface area contributed by atoms with E-state index < -0.39 is 5.60 Å². The van der Waals surface area contributed by atoms with Gasteiger partial charge in [0.15, 0.2) is 0 Å². The molecule has 2 fully saturated rings. The van der Waals surface area contributed by atoms with Crippen LogP contribution in [0, 0.1) is 0 Å². The van der Waals surface area contributed by atoms with Crippen LogP contribution in [0.1, 0.15) is 44.9 Å². The van der Waals surface area contributed by atoms with Crippen LogP contribution in [0.4, 0.5) is 0 Å². The van der Waals surface area contributed by atoms with Gasteiger partial charge in [0, 0.05) is 6.61 Å². The van der Waals surface area contributed by atoms with Gasteiger partial charge in [-0.25, -0.2) is 0 Å². The predicted molar refractivity (Wildman–Crippen MR) is 47.0 cm³/mol. The minimum Gasteiger partial charge on any atom is -0.387 e. The highest BCUT2D eigenvalue weighted by atomic mass is 16.5. The Bertz CT molecular complexity index is 144. The molecule has 0 amide bonds. The molecule has 2 nitrogen and oxygen atoms in total. The third kappa shape index (κ3) is 1.50. The summed E-state index contributed by atoms with van der Waals surface area (Å²) in [5.41, 5.74) is -0.458. The zero-order valence-corrected chi connectivity index (χ0v) is 7.59. The predicted octanol–water partition coefficient (Wildman–Crippen LogP) is 1.86. The molecule has 1 heterocycles. The van der Waals surface area contributed by atoms with Crippen molar-refractivity contribution in [2.75, 3.05) is 6.61 Å². The summed E-state index contributed by atoms with van der Waals surface area (Å²) in [6, 6.07) is 0. The summed E-state index contributed by atoms with van der Waals surface area (Å²) in [6.07, 6.45) is 7.88. The summed E-state index contributed by atoms with van der Waals surface area (Å²) < 4.78 is 5.61. The molecule has 0 aromatic heterocycles. The average molecular weight is 170 g/mol. The minimum absolute atomic E-state index is 0.147. The van der Waals surface area contributed by atoms with E-state index in [1.807, 2.05) is 0 Å². The summed E-state index contributed by atoms with van der Waals surface area (Å²) in [4.78, 5) is 0. The van der Waals surface area contributed by atoms with Gasteiger partial charge < -0.3 is 9.84 Å². The lowest BCUT2D eigenvalue weighted by Crippen LogP contribution is -2.43. The van der Waals surface area contributed by atoms with Crippen molar-refractivity contribution in [3.05, 3.63) is 0 Å². The molecular formula is C10H18O2. The Balaban J connectivity index is 1.96. The molecule has 1 unspecified atom stereocenters. The van der Waals surface area contributed by atoms with E-state index in [9.17, 15) is 5.11 Å². The van der Waals surface area contributed by atoms with Gasteiger partial charge in [-0.2, -0.15) is 0 Å². The van der Waals surface area contributed by atoms with E-state index >= 15 is 0 Å². The fraction of sp³-hybridized carbons (Fsp3) is 1.00. The number of aliphatic hydroxyl groups is 1. The lowest BCUT2D eigenvalue weighted by molar-refractivity contribution is -0.123. The van der Waals surface area contributed by atoms with Crippen molar-refractivity contribution in [3.63, 3.8) is 0 Å². The van der Waals surface area contributed by atoms with E-state index in [-0.39, 0.29) is 6.10 Å². The second-order valence-electron chi connectivity index (χ2n) is 4.17. The molecular weight excluding hydrogens is 152 g/mol. The Morgan fingerprint density at radius 3 is 2.42 bits per heavy atom. The zero-order chi connectivity index (χ0) is 8.44. The fourth-order valence-electron chi connectivity index (χ4n) is 2.47. The maximum Gasteiger partial charge on any atom is 0.0908 e. The molecule has 12 heavy (non-hydrogen) atoms. The van der Waals surface area contributed by atoms with Crippen LogP contribution in [0.5, 0.6) is 0 Å². The highest BCUT2D eigenvalue weighted by Gasteiger charge is 2.40. The number of hydrogen-bond donors (Lipinski definition) is 1. The molecule has 0 radical (unpaired) electrons. The Morgan fingerprint density at radius 1 is 1.08 bits per heavy atom. The van der Waals surface area contributed by atoms with Gasteiger partial charge in [-0.05, 0) is 32.1 Å². The molecule has 0 aromatic carbocycles. The maximum atomic E-state index is 10.2. The first-order valence-electron chi connectivity index (χ1n) is 5.15. The molecule has 70 valence electrons. The van der Waals surface area contributed by atoms with Crippen molar-refractivity contribution in [3.8, 4) is 0 Å². The van der Waals surface area contributed by atoms with E-state index in [0.29, 0.717) is 0 Å². The lowest BCUT2D eigenvalue weighted by Gasteiger charge is -2.35. The molecule has 1 aliphatic carbocycles. The van der Waals surface area contributed by atoms with Crippen LogP contribution >= 0.6 is 0 Å². The highest BCUT2D eigenvalue weighted by molar-refractivity contribution is 4.92. The molecule has 0 spiro atoms. The second kappa shape index (κ2) is 3.35. The van der Waals surface area contributed by atoms with Crippen molar-refractivity contribution >= 4 is 0 Å². The zero-order valence-electron chi connectivity index (χ0n) is 7.59. The molecule has 1 N–H and O–H groups in total. The molecule has 1 saturated carbocycles. The Kier molecular flexibility index (Phi) is 2.37. The molecule has 1 aliphatic heterocycles. The monoisotopic (exact) mass is 170 g/mol. The Labute approximate surface area is 73.9 Å². The van der Waals surface area contributed by atoms with Crippen LogP contribution in [0.15, 0.2) is 0 Å². The van der Waals surface area contributed by atoms with Gasteiger partial charge in [0.05, 0.1) is 11.7 Å². The van der Waals surface area contributed by atoms with Gasteiger partial charge in [-0.15, -0.1) is 0 Å². The van der Waals surface area contributed by atoms with Crippen molar-refractivity contribution in [1.82, 2.24) is 0 Å². The maximum absolute atomic E-state index is 10.2. The van der Waals surface area contributed by atoms with Crippen LogP contribution < -0.4 is 0 Å². The molecule has 1 atom stereocenters. The highest BCUT2D eigenvalue weighted by Crippen LogP contribution is 2.37. The van der Waals surface area contributed by atoms with Gasteiger partial charge in [0.25, 0.3) is 0 Å². The topological polar surface area (TPSA) is 29.5 Å². The van der Waals surface area contributed by atoms with E-state index in [1.54, 1.807) is 0 Å². The van der Waals surface area contributed by atoms with E-state index in [2.05, 4.69) is 0 Å². The van der Waals surface area contributed by atoms with Crippen LogP contribution in [-0.2, 0) is 4.74 Å². The Morgan fingerprint density at radius 2 is 1.83 bits per heavy atom. The van der Waals surface area contributed by atoms with Crippen LogP contribution in [0.3, 0.4) is 0 Å². The fourth-order valence-corrected chi connectivity index (χ4v) is 2.47. The largest absolute Gasteiger partial charge is 0.387 e. The smallest absolute Gasteiger partial charge is 0.0908 e. The summed E-state index contributed by atoms with van der Waals surface area (Å²) >= 11 is 0. The van der Waals surface area contributed by atoms with Crippen molar-refractivity contribution in [1.29, 1.82) is 0 Å². The lowest BCUT2D eigenvalue weighted by atomic mass is 9.90. The minimum atomic E-state index is -0.458. The third-order valence-corrected chi connectivity index (χ3v) is 3.25. The van der Waals surface area contributed by atoms with Crippen LogP contribution in [-0.4, -0.2) is 23.4 Å². The van der Waals surface area contributed by atoms with Gasteiger partial charge in [0.2, 0.25) is 0 Å².